The highest BCUT2D eigenvalue weighted by molar-refractivity contribution is 6.18. The molecule has 0 radical (unpaired) electrons. The fraction of sp³-hybridized carbons (Fsp3) is 0.600. The van der Waals surface area contributed by atoms with Gasteiger partial charge in [0.15, 0.2) is 92.0 Å². The summed E-state index contributed by atoms with van der Waals surface area (Å²) in [6, 6.07) is 4.77. The van der Waals surface area contributed by atoms with E-state index in [1.165, 1.54) is 0 Å². The summed E-state index contributed by atoms with van der Waals surface area (Å²) < 4.78 is 179. The van der Waals surface area contributed by atoms with E-state index in [4.69, 9.17) is 137 Å². The van der Waals surface area contributed by atoms with Crippen LogP contribution in [0.25, 0.3) is 0 Å². The van der Waals surface area contributed by atoms with Gasteiger partial charge in [-0.25, -0.2) is 0 Å². The molecule has 0 amide bonds. The van der Waals surface area contributed by atoms with Crippen LogP contribution < -0.4 is 114 Å². The van der Waals surface area contributed by atoms with Crippen LogP contribution in [0.15, 0.2) is 12.1 Å². The minimum Gasteiger partial charge on any atom is -0.486 e. The lowest BCUT2D eigenvalue weighted by Crippen LogP contribution is -2.25. The first kappa shape index (κ1) is 103. The third kappa shape index (κ3) is 20.7. The first-order valence-corrected chi connectivity index (χ1v) is 57.1. The summed E-state index contributed by atoms with van der Waals surface area (Å²) in [5.74, 6) is 12.3. The van der Waals surface area contributed by atoms with Gasteiger partial charge in [0, 0.05) is 139 Å². The minimum atomic E-state index is -0.388. The van der Waals surface area contributed by atoms with Gasteiger partial charge in [0.05, 0.1) is 51.4 Å². The number of hydrogen-bond donors (Lipinski definition) is 0. The molecule has 2 atom stereocenters. The van der Waals surface area contributed by atoms with Crippen molar-refractivity contribution >= 4 is 23.2 Å². The van der Waals surface area contributed by atoms with Crippen LogP contribution >= 0.6 is 23.2 Å². The maximum Gasteiger partial charge on any atom is 0.231 e. The molecule has 0 aliphatic carbocycles. The molecule has 790 valence electrons. The van der Waals surface area contributed by atoms with E-state index < -0.39 is 0 Å². The van der Waals surface area contributed by atoms with Gasteiger partial charge in [0.2, 0.25) is 100 Å². The predicted octanol–water partition coefficient (Wildman–Crippen LogP) is 28.1. The lowest BCUT2D eigenvalue weighted by atomic mass is 9.77. The van der Waals surface area contributed by atoms with Crippen LogP contribution in [0.5, 0.6) is 138 Å². The molecular formula is C120H152Cl2O24. The molecule has 146 heavy (non-hydrogen) atoms. The van der Waals surface area contributed by atoms with Crippen molar-refractivity contribution in [3.05, 3.63) is 135 Å². The highest BCUT2D eigenvalue weighted by atomic mass is 35.5. The van der Waals surface area contributed by atoms with E-state index in [2.05, 4.69) is 67.5 Å². The quantitative estimate of drug-likeness (QED) is 0.0259. The Morgan fingerprint density at radius 2 is 0.432 bits per heavy atom. The number of fused-ring (bicyclic) bond motifs is 22. The third-order valence-electron chi connectivity index (χ3n) is 31.6. The van der Waals surface area contributed by atoms with Crippen LogP contribution in [-0.2, 0) is 77.0 Å². The van der Waals surface area contributed by atoms with Gasteiger partial charge in [-0.2, -0.15) is 0 Å². The van der Waals surface area contributed by atoms with Crippen LogP contribution in [0.3, 0.4) is 0 Å². The van der Waals surface area contributed by atoms with E-state index in [1.807, 2.05) is 0 Å². The first-order chi connectivity index (χ1) is 72.2. The van der Waals surface area contributed by atoms with E-state index in [9.17, 15) is 0 Å². The Morgan fingerprint density at radius 3 is 0.705 bits per heavy atom. The maximum atomic E-state index is 7.79. The van der Waals surface area contributed by atoms with Gasteiger partial charge in [-0.15, -0.1) is 23.2 Å². The average Bonchev–Trinajstić information content (AvgIpc) is 0.717. The Balaban J connectivity index is 0.901. The predicted molar refractivity (Wildman–Crippen MR) is 562 cm³/mol. The van der Waals surface area contributed by atoms with Crippen molar-refractivity contribution in [2.75, 3.05) is 119 Å². The molecule has 12 aliphatic rings. The van der Waals surface area contributed by atoms with E-state index >= 15 is 0 Å². The summed E-state index contributed by atoms with van der Waals surface area (Å²) >= 11 is 13.7. The number of benzene rings is 8. The Kier molecular flexibility index (Phi) is 34.4. The first-order valence-electron chi connectivity index (χ1n) is 56.0. The van der Waals surface area contributed by atoms with Crippen molar-refractivity contribution < 1.29 is 114 Å². The molecular weight excluding hydrogens is 1900 g/mol. The standard InChI is InChI=1S/C120H152Cl2O24/c1-9-17-25-39-75-83-57-73-59-85-79(43-29-21-13-5)95-81(45-31-23-15-7)93-63-91-77(41-27-19-11-3)89-61-87(75)103-115-99(83)133-65-131-97(73)113-101(85)143-71-145-111(95)119(109(93)141-69-139-107(91)117(129-55-47-121)105(89)137-67-135-103)127-53-37-38-54-128-120-110-94-64-92-78(42-28-20-12-4)90-62-88-76(40-26-18-10-2)84-58-74-60-86-80(44-30-22-14-6)96(82(94)46-32-24-16-8)112(120)146-72-144-102(86)114(124-50-34-33-49-123-113)98(74)132-66-134-100(84)116(126-52-36-35-51-125-115)104(88)136-68-138-106(90)118(130-56-48-122)108(92)140-70-142-110/h59-60,79-80H,9-58,61-72H2,1-8H3. The second kappa shape index (κ2) is 48.9. The van der Waals surface area contributed by atoms with Crippen molar-refractivity contribution in [1.29, 1.82) is 0 Å². The largest absolute Gasteiger partial charge is 0.486 e. The zero-order valence-corrected chi connectivity index (χ0v) is 89.2. The molecule has 12 heterocycles. The van der Waals surface area contributed by atoms with Crippen molar-refractivity contribution in [1.82, 2.24) is 0 Å². The molecule has 20 rings (SSSR count). The second-order valence-corrected chi connectivity index (χ2v) is 41.8. The lowest BCUT2D eigenvalue weighted by Gasteiger charge is -2.36. The number of rotatable bonds is 38. The summed E-state index contributed by atoms with van der Waals surface area (Å²) in [5, 5.41) is 0. The number of ether oxygens (including phenoxy) is 24. The Morgan fingerprint density at radius 1 is 0.219 bits per heavy atom. The highest BCUT2D eigenvalue weighted by Crippen LogP contribution is 2.65. The zero-order chi connectivity index (χ0) is 99.9. The SMILES string of the molecule is CCCCCc1c2c3c4c5c1Cc1c(CCCCC)c6c(c(OCCCl)c1OCO5)OCOc1c(c(CCCCC)c5c7c1OCCCCOc1c8c9c(CCCCC)c%10c1OCOc1c(cc%11c(c1OCCCCOc1c(c(cc(c1OCO7)C5CCCCC)C2)OCO3)OCOc1c(c(CCCCC)c2c(c1OCCCCO4)OCOc1c(c(CCCCC)c(c(c1OCCCl)OCO8)C9)C2)C%11)C%10CCCCC)C6. The van der Waals surface area contributed by atoms with Crippen molar-refractivity contribution in [3.8, 4) is 138 Å². The molecule has 0 spiro atoms. The van der Waals surface area contributed by atoms with Gasteiger partial charge in [-0.05, 0) is 174 Å². The summed E-state index contributed by atoms with van der Waals surface area (Å²) in [7, 11) is 0. The maximum absolute atomic E-state index is 7.79. The molecule has 22 bridgehead atoms. The lowest BCUT2D eigenvalue weighted by molar-refractivity contribution is 0.0809. The molecule has 8 aromatic rings. The number of alkyl halides is 2. The van der Waals surface area contributed by atoms with Gasteiger partial charge < -0.3 is 114 Å². The average molecular weight is 2050 g/mol. The molecule has 0 aromatic heterocycles. The van der Waals surface area contributed by atoms with Gasteiger partial charge in [0.25, 0.3) is 0 Å². The second-order valence-electron chi connectivity index (χ2n) is 41.1. The van der Waals surface area contributed by atoms with Gasteiger partial charge in [-0.1, -0.05) is 171 Å². The van der Waals surface area contributed by atoms with Crippen LogP contribution in [0.4, 0.5) is 0 Å². The van der Waals surface area contributed by atoms with Crippen molar-refractivity contribution in [2.45, 2.75) is 350 Å². The Hall–Kier alpha value is -10.5. The van der Waals surface area contributed by atoms with Gasteiger partial charge in [0.1, 0.15) is 13.2 Å². The van der Waals surface area contributed by atoms with Crippen LogP contribution in [0, 0.1) is 0 Å². The van der Waals surface area contributed by atoms with E-state index in [0.717, 1.165) is 276 Å². The van der Waals surface area contributed by atoms with Gasteiger partial charge in [-0.3, -0.25) is 0 Å². The molecule has 12 aliphatic heterocycles. The zero-order valence-electron chi connectivity index (χ0n) is 87.7. The van der Waals surface area contributed by atoms with Crippen molar-refractivity contribution in [3.63, 3.8) is 0 Å². The van der Waals surface area contributed by atoms with Crippen LogP contribution in [0.1, 0.15) is 395 Å². The molecule has 2 unspecified atom stereocenters. The molecule has 0 fully saturated rings. The third-order valence-corrected chi connectivity index (χ3v) is 31.9. The minimum absolute atomic E-state index is 0.165. The molecule has 0 saturated heterocycles. The normalized spacial score (nSPS) is 17.2. The fourth-order valence-electron chi connectivity index (χ4n) is 24.6. The number of hydrogen-bond acceptors (Lipinski definition) is 24. The molecule has 26 heteroatoms. The molecule has 0 N–H and O–H groups in total. The fourth-order valence-corrected chi connectivity index (χ4v) is 24.7. The summed E-state index contributed by atoms with van der Waals surface area (Å²) in [6.07, 6.45) is 33.7. The monoisotopic (exact) mass is 2050 g/mol. The van der Waals surface area contributed by atoms with E-state index in [0.29, 0.717) is 266 Å². The van der Waals surface area contributed by atoms with Crippen LogP contribution in [0.2, 0.25) is 0 Å². The van der Waals surface area contributed by atoms with Crippen LogP contribution in [-0.4, -0.2) is 119 Å². The number of halogens is 2. The summed E-state index contributed by atoms with van der Waals surface area (Å²) in [4.78, 5) is 0. The molecule has 8 aromatic carbocycles. The Labute approximate surface area is 872 Å². The highest BCUT2D eigenvalue weighted by Gasteiger charge is 2.47. The number of unbranched alkanes of at least 4 members (excludes halogenated alkanes) is 16. The molecule has 24 nitrogen and oxygen atoms in total. The topological polar surface area (TPSA) is 222 Å². The Bertz CT molecular complexity index is 5610. The van der Waals surface area contributed by atoms with E-state index in [1.54, 1.807) is 0 Å². The van der Waals surface area contributed by atoms with Crippen molar-refractivity contribution in [2.24, 2.45) is 0 Å². The summed E-state index contributed by atoms with van der Waals surface area (Å²) in [5.41, 5.74) is 22.6. The van der Waals surface area contributed by atoms with E-state index in [-0.39, 0.29) is 131 Å². The summed E-state index contributed by atoms with van der Waals surface area (Å²) in [6.45, 7) is 18.1. The smallest absolute Gasteiger partial charge is 0.231 e. The van der Waals surface area contributed by atoms with Gasteiger partial charge >= 0.3 is 0 Å². The molecule has 0 saturated carbocycles.